The zero-order valence-corrected chi connectivity index (χ0v) is 7.95. The lowest BCUT2D eigenvalue weighted by atomic mass is 10.4. The van der Waals surface area contributed by atoms with Crippen molar-refractivity contribution in [3.8, 4) is 5.82 Å². The van der Waals surface area contributed by atoms with E-state index in [-0.39, 0.29) is 5.56 Å². The number of nitrogens with zero attached hydrogens (tertiary/aromatic N) is 4. The zero-order chi connectivity index (χ0) is 10.8. The van der Waals surface area contributed by atoms with Crippen molar-refractivity contribution in [2.24, 2.45) is 0 Å². The molecule has 0 aromatic carbocycles. The molecule has 0 amide bonds. The summed E-state index contributed by atoms with van der Waals surface area (Å²) in [5, 5.41) is 12.6. The minimum atomic E-state index is -1.01. The predicted molar refractivity (Wildman–Crippen MR) is 50.9 cm³/mol. The number of hydrogen-bond acceptors (Lipinski definition) is 4. The molecule has 0 fully saturated rings. The van der Waals surface area contributed by atoms with Crippen molar-refractivity contribution in [1.29, 1.82) is 0 Å². The van der Waals surface area contributed by atoms with Crippen LogP contribution in [0.5, 0.6) is 0 Å². The van der Waals surface area contributed by atoms with Gasteiger partial charge >= 0.3 is 5.97 Å². The number of aromatic nitrogens is 4. The number of aryl methyl sites for hydroxylation is 1. The molecule has 0 aliphatic rings. The summed E-state index contributed by atoms with van der Waals surface area (Å²) in [5.74, 6) is -0.479. The summed E-state index contributed by atoms with van der Waals surface area (Å²) >= 11 is 0. The van der Waals surface area contributed by atoms with Crippen LogP contribution in [0, 0.1) is 6.92 Å². The summed E-state index contributed by atoms with van der Waals surface area (Å²) in [6, 6.07) is 0. The van der Waals surface area contributed by atoms with E-state index < -0.39 is 5.97 Å². The van der Waals surface area contributed by atoms with Crippen molar-refractivity contribution >= 4 is 5.97 Å². The number of carboxylic acids is 1. The molecule has 0 unspecified atom stereocenters. The minimum Gasteiger partial charge on any atom is -0.478 e. The predicted octanol–water partition coefficient (Wildman–Crippen LogP) is 0.669. The fraction of sp³-hybridized carbons (Fsp3) is 0.111. The summed E-state index contributed by atoms with van der Waals surface area (Å²) in [4.78, 5) is 18.7. The Morgan fingerprint density at radius 3 is 2.73 bits per heavy atom. The first kappa shape index (κ1) is 9.32. The standard InChI is InChI=1S/C9H8N4O2/c1-6-8(11-3-2-10-6)13-5-7(4-12-13)9(14)15/h2-5H,1H3,(H,14,15). The summed E-state index contributed by atoms with van der Waals surface area (Å²) in [6.07, 6.45) is 5.78. The fourth-order valence-corrected chi connectivity index (χ4v) is 1.17. The first-order chi connectivity index (χ1) is 7.18. The highest BCUT2D eigenvalue weighted by Crippen LogP contribution is 2.07. The molecular formula is C9H8N4O2. The quantitative estimate of drug-likeness (QED) is 0.777. The Labute approximate surface area is 85.2 Å². The highest BCUT2D eigenvalue weighted by molar-refractivity contribution is 5.86. The van der Waals surface area contributed by atoms with Gasteiger partial charge < -0.3 is 5.11 Å². The minimum absolute atomic E-state index is 0.125. The maximum absolute atomic E-state index is 10.6. The van der Waals surface area contributed by atoms with E-state index in [1.807, 2.05) is 0 Å². The van der Waals surface area contributed by atoms with E-state index in [4.69, 9.17) is 5.11 Å². The highest BCUT2D eigenvalue weighted by Gasteiger charge is 2.09. The lowest BCUT2D eigenvalue weighted by Gasteiger charge is -2.01. The van der Waals surface area contributed by atoms with Gasteiger partial charge in [0.05, 0.1) is 17.5 Å². The third-order valence-corrected chi connectivity index (χ3v) is 1.90. The second-order valence-electron chi connectivity index (χ2n) is 2.94. The zero-order valence-electron chi connectivity index (χ0n) is 7.95. The van der Waals surface area contributed by atoms with E-state index >= 15 is 0 Å². The fourth-order valence-electron chi connectivity index (χ4n) is 1.17. The van der Waals surface area contributed by atoms with E-state index in [0.717, 1.165) is 0 Å². The lowest BCUT2D eigenvalue weighted by molar-refractivity contribution is 0.0697. The SMILES string of the molecule is Cc1nccnc1-n1cc(C(=O)O)cn1. The number of hydrogen-bond donors (Lipinski definition) is 1. The van der Waals surface area contributed by atoms with Crippen LogP contribution < -0.4 is 0 Å². The van der Waals surface area contributed by atoms with E-state index in [1.165, 1.54) is 23.3 Å². The molecule has 0 atom stereocenters. The molecule has 2 aromatic rings. The van der Waals surface area contributed by atoms with Gasteiger partial charge in [0.2, 0.25) is 0 Å². The van der Waals surface area contributed by atoms with Gasteiger partial charge in [0.25, 0.3) is 0 Å². The molecule has 0 saturated heterocycles. The van der Waals surface area contributed by atoms with Crippen LogP contribution >= 0.6 is 0 Å². The van der Waals surface area contributed by atoms with E-state index in [1.54, 1.807) is 13.1 Å². The largest absolute Gasteiger partial charge is 0.478 e. The Morgan fingerprint density at radius 1 is 1.40 bits per heavy atom. The van der Waals surface area contributed by atoms with Gasteiger partial charge in [-0.1, -0.05) is 0 Å². The van der Waals surface area contributed by atoms with Crippen molar-refractivity contribution in [3.63, 3.8) is 0 Å². The van der Waals surface area contributed by atoms with Crippen molar-refractivity contribution in [2.75, 3.05) is 0 Å². The third-order valence-electron chi connectivity index (χ3n) is 1.90. The van der Waals surface area contributed by atoms with Crippen molar-refractivity contribution in [1.82, 2.24) is 19.7 Å². The molecule has 2 rings (SSSR count). The molecule has 6 heteroatoms. The Balaban J connectivity index is 2.46. The van der Waals surface area contributed by atoms with Gasteiger partial charge in [0.15, 0.2) is 5.82 Å². The molecule has 2 aromatic heterocycles. The van der Waals surface area contributed by atoms with Gasteiger partial charge in [-0.2, -0.15) is 5.10 Å². The van der Waals surface area contributed by atoms with Crippen LogP contribution in [0.15, 0.2) is 24.8 Å². The molecule has 0 aliphatic heterocycles. The van der Waals surface area contributed by atoms with Gasteiger partial charge in [-0.3, -0.25) is 4.98 Å². The van der Waals surface area contributed by atoms with Crippen molar-refractivity contribution < 1.29 is 9.90 Å². The van der Waals surface area contributed by atoms with Crippen LogP contribution in [-0.4, -0.2) is 30.8 Å². The lowest BCUT2D eigenvalue weighted by Crippen LogP contribution is -2.02. The van der Waals surface area contributed by atoms with Crippen LogP contribution in [0.25, 0.3) is 5.82 Å². The van der Waals surface area contributed by atoms with Crippen LogP contribution in [0.2, 0.25) is 0 Å². The smallest absolute Gasteiger partial charge is 0.338 e. The Kier molecular flexibility index (Phi) is 2.17. The second-order valence-corrected chi connectivity index (χ2v) is 2.94. The van der Waals surface area contributed by atoms with Gasteiger partial charge in [0.1, 0.15) is 0 Å². The highest BCUT2D eigenvalue weighted by atomic mass is 16.4. The molecule has 6 nitrogen and oxygen atoms in total. The van der Waals surface area contributed by atoms with Crippen LogP contribution in [0.3, 0.4) is 0 Å². The van der Waals surface area contributed by atoms with Crippen molar-refractivity contribution in [2.45, 2.75) is 6.92 Å². The molecule has 15 heavy (non-hydrogen) atoms. The summed E-state index contributed by atoms with van der Waals surface area (Å²) < 4.78 is 1.39. The van der Waals surface area contributed by atoms with E-state index in [2.05, 4.69) is 15.1 Å². The molecule has 76 valence electrons. The summed E-state index contributed by atoms with van der Waals surface area (Å²) in [7, 11) is 0. The monoisotopic (exact) mass is 204 g/mol. The molecular weight excluding hydrogens is 196 g/mol. The van der Waals surface area contributed by atoms with Crippen LogP contribution in [0.1, 0.15) is 16.1 Å². The number of aromatic carboxylic acids is 1. The van der Waals surface area contributed by atoms with Crippen LogP contribution in [0.4, 0.5) is 0 Å². The molecule has 0 radical (unpaired) electrons. The van der Waals surface area contributed by atoms with E-state index in [9.17, 15) is 4.79 Å². The average molecular weight is 204 g/mol. The Hall–Kier alpha value is -2.24. The average Bonchev–Trinajstić information content (AvgIpc) is 2.67. The Bertz CT molecular complexity index is 506. The Morgan fingerprint density at radius 2 is 2.13 bits per heavy atom. The molecule has 0 aliphatic carbocycles. The maximum Gasteiger partial charge on any atom is 0.338 e. The van der Waals surface area contributed by atoms with Gasteiger partial charge in [-0.15, -0.1) is 0 Å². The van der Waals surface area contributed by atoms with Gasteiger partial charge in [-0.05, 0) is 6.92 Å². The van der Waals surface area contributed by atoms with Crippen LogP contribution in [-0.2, 0) is 0 Å². The topological polar surface area (TPSA) is 80.9 Å². The number of carbonyl (C=O) groups is 1. The van der Waals surface area contributed by atoms with Gasteiger partial charge in [0, 0.05) is 18.6 Å². The summed E-state index contributed by atoms with van der Waals surface area (Å²) in [6.45, 7) is 1.78. The van der Waals surface area contributed by atoms with E-state index in [0.29, 0.717) is 11.5 Å². The molecule has 0 spiro atoms. The molecule has 1 N–H and O–H groups in total. The maximum atomic E-state index is 10.6. The molecule has 0 bridgehead atoms. The first-order valence-corrected chi connectivity index (χ1v) is 4.24. The molecule has 0 saturated carbocycles. The number of carboxylic acid groups (broad SMARTS) is 1. The second kappa shape index (κ2) is 3.49. The number of rotatable bonds is 2. The molecule has 2 heterocycles. The van der Waals surface area contributed by atoms with Crippen molar-refractivity contribution in [3.05, 3.63) is 36.0 Å². The normalized spacial score (nSPS) is 10.2. The third kappa shape index (κ3) is 1.69. The summed E-state index contributed by atoms with van der Waals surface area (Å²) in [5.41, 5.74) is 0.817. The van der Waals surface area contributed by atoms with Gasteiger partial charge in [-0.25, -0.2) is 14.5 Å². The first-order valence-electron chi connectivity index (χ1n) is 4.24.